The van der Waals surface area contributed by atoms with E-state index in [1.807, 2.05) is 17.0 Å². The molecule has 1 aromatic carbocycles. The average Bonchev–Trinajstić information content (AvgIpc) is 2.89. The van der Waals surface area contributed by atoms with Crippen LogP contribution in [-0.4, -0.2) is 27.5 Å². The van der Waals surface area contributed by atoms with Crippen molar-refractivity contribution < 1.29 is 9.18 Å². The van der Waals surface area contributed by atoms with Crippen molar-refractivity contribution in [2.24, 2.45) is 0 Å². The van der Waals surface area contributed by atoms with E-state index in [0.717, 1.165) is 25.7 Å². The van der Waals surface area contributed by atoms with Gasteiger partial charge in [0.1, 0.15) is 12.4 Å². The fraction of sp³-hybridized carbons (Fsp3) is 0.429. The third kappa shape index (κ3) is 3.06. The van der Waals surface area contributed by atoms with Crippen molar-refractivity contribution in [2.75, 3.05) is 0 Å². The second-order valence-electron chi connectivity index (χ2n) is 7.53. The molecule has 1 aromatic heterocycles. The highest BCUT2D eigenvalue weighted by atomic mass is 19.1. The quantitative estimate of drug-likeness (QED) is 0.849. The van der Waals surface area contributed by atoms with Gasteiger partial charge in [0.2, 0.25) is 5.91 Å². The molecule has 5 heteroatoms. The Morgan fingerprint density at radius 1 is 1.15 bits per heavy atom. The third-order valence-electron chi connectivity index (χ3n) is 5.88. The number of piperidine rings is 1. The molecule has 0 spiro atoms. The van der Waals surface area contributed by atoms with E-state index in [-0.39, 0.29) is 35.9 Å². The maximum absolute atomic E-state index is 13.6. The number of aromatic nitrogens is 1. The Balaban J connectivity index is 1.50. The lowest BCUT2D eigenvalue weighted by Gasteiger charge is -2.39. The number of benzene rings is 1. The van der Waals surface area contributed by atoms with Crippen LogP contribution in [0.1, 0.15) is 42.7 Å². The number of carbonyl (C=O) groups is 1. The average molecular weight is 354 g/mol. The molecule has 2 saturated heterocycles. The molecule has 1 unspecified atom stereocenters. The number of amides is 1. The number of halogens is 1. The van der Waals surface area contributed by atoms with Gasteiger partial charge in [0.05, 0.1) is 0 Å². The summed E-state index contributed by atoms with van der Waals surface area (Å²) in [5.41, 5.74) is 1.70. The smallest absolute Gasteiger partial charge is 0.250 e. The molecule has 4 rings (SSSR count). The Morgan fingerprint density at radius 2 is 1.88 bits per heavy atom. The molecule has 3 heterocycles. The van der Waals surface area contributed by atoms with Gasteiger partial charge in [-0.1, -0.05) is 18.2 Å². The lowest BCUT2D eigenvalue weighted by Crippen LogP contribution is -2.48. The minimum Gasteiger partial charge on any atom is -0.335 e. The fourth-order valence-corrected chi connectivity index (χ4v) is 4.60. The number of carbonyl (C=O) groups excluding carboxylic acids is 1. The number of hydrogen-bond acceptors (Lipinski definition) is 2. The SMILES string of the molecule is Cc1cc(C2C[C@H]3CC[C@@H](C2)N3C(=O)Cn2ccccc2=O)ccc1F. The Morgan fingerprint density at radius 3 is 2.54 bits per heavy atom. The van der Waals surface area contributed by atoms with Crippen LogP contribution in [0.5, 0.6) is 0 Å². The van der Waals surface area contributed by atoms with Gasteiger partial charge in [-0.15, -0.1) is 0 Å². The molecule has 4 nitrogen and oxygen atoms in total. The van der Waals surface area contributed by atoms with Crippen LogP contribution in [0.3, 0.4) is 0 Å². The van der Waals surface area contributed by atoms with Crippen LogP contribution in [0.4, 0.5) is 4.39 Å². The Kier molecular flexibility index (Phi) is 4.39. The molecular weight excluding hydrogens is 331 g/mol. The molecule has 0 aliphatic carbocycles. The van der Waals surface area contributed by atoms with E-state index in [9.17, 15) is 14.0 Å². The minimum atomic E-state index is -0.169. The lowest BCUT2D eigenvalue weighted by atomic mass is 9.84. The molecule has 0 radical (unpaired) electrons. The highest BCUT2D eigenvalue weighted by molar-refractivity contribution is 5.77. The predicted molar refractivity (Wildman–Crippen MR) is 97.5 cm³/mol. The monoisotopic (exact) mass is 354 g/mol. The minimum absolute atomic E-state index is 0.0273. The highest BCUT2D eigenvalue weighted by Gasteiger charge is 2.43. The summed E-state index contributed by atoms with van der Waals surface area (Å²) in [6.07, 6.45) is 5.51. The molecule has 0 N–H and O–H groups in total. The van der Waals surface area contributed by atoms with Crippen LogP contribution in [0.25, 0.3) is 0 Å². The topological polar surface area (TPSA) is 42.3 Å². The molecule has 26 heavy (non-hydrogen) atoms. The van der Waals surface area contributed by atoms with Gasteiger partial charge in [-0.2, -0.15) is 0 Å². The van der Waals surface area contributed by atoms with Gasteiger partial charge in [0.25, 0.3) is 5.56 Å². The van der Waals surface area contributed by atoms with Gasteiger partial charge in [0, 0.05) is 24.3 Å². The molecule has 1 amide bonds. The number of fused-ring (bicyclic) bond motifs is 2. The first kappa shape index (κ1) is 17.0. The standard InChI is InChI=1S/C21H23FN2O2/c1-14-10-15(5-8-19(14)22)16-11-17-6-7-18(12-16)24(17)21(26)13-23-9-3-2-4-20(23)25/h2-5,8-10,16-18H,6-7,11-13H2,1H3/t16?,17-,18+. The molecule has 0 saturated carbocycles. The zero-order valence-electron chi connectivity index (χ0n) is 14.9. The maximum Gasteiger partial charge on any atom is 0.250 e. The zero-order valence-corrected chi connectivity index (χ0v) is 14.9. The molecule has 2 aromatic rings. The van der Waals surface area contributed by atoms with Crippen LogP contribution in [0.2, 0.25) is 0 Å². The van der Waals surface area contributed by atoms with E-state index in [4.69, 9.17) is 0 Å². The van der Waals surface area contributed by atoms with Crippen molar-refractivity contribution in [2.45, 2.75) is 57.2 Å². The summed E-state index contributed by atoms with van der Waals surface area (Å²) in [6.45, 7) is 1.90. The van der Waals surface area contributed by atoms with Crippen molar-refractivity contribution in [3.8, 4) is 0 Å². The summed E-state index contributed by atoms with van der Waals surface area (Å²) in [4.78, 5) is 26.7. The Labute approximate surface area is 152 Å². The number of hydrogen-bond donors (Lipinski definition) is 0. The van der Waals surface area contributed by atoms with Crippen molar-refractivity contribution in [1.82, 2.24) is 9.47 Å². The van der Waals surface area contributed by atoms with Gasteiger partial charge in [-0.3, -0.25) is 9.59 Å². The van der Waals surface area contributed by atoms with Crippen LogP contribution in [0.15, 0.2) is 47.4 Å². The number of pyridine rings is 1. The Bertz CT molecular complexity index is 878. The summed E-state index contributed by atoms with van der Waals surface area (Å²) < 4.78 is 15.0. The van der Waals surface area contributed by atoms with E-state index in [1.165, 1.54) is 16.2 Å². The summed E-state index contributed by atoms with van der Waals surface area (Å²) in [6, 6.07) is 10.7. The summed E-state index contributed by atoms with van der Waals surface area (Å²) >= 11 is 0. The van der Waals surface area contributed by atoms with E-state index in [1.54, 1.807) is 31.3 Å². The molecule has 2 aliphatic rings. The summed E-state index contributed by atoms with van der Waals surface area (Å²) in [7, 11) is 0. The molecule has 3 atom stereocenters. The van der Waals surface area contributed by atoms with Crippen molar-refractivity contribution in [3.63, 3.8) is 0 Å². The van der Waals surface area contributed by atoms with Crippen molar-refractivity contribution >= 4 is 5.91 Å². The lowest BCUT2D eigenvalue weighted by molar-refractivity contribution is -0.136. The first-order valence-corrected chi connectivity index (χ1v) is 9.25. The van der Waals surface area contributed by atoms with Crippen LogP contribution in [-0.2, 0) is 11.3 Å². The summed E-state index contributed by atoms with van der Waals surface area (Å²) in [5, 5.41) is 0. The van der Waals surface area contributed by atoms with E-state index in [2.05, 4.69) is 0 Å². The highest BCUT2D eigenvalue weighted by Crippen LogP contribution is 2.43. The first-order valence-electron chi connectivity index (χ1n) is 9.25. The molecule has 2 bridgehead atoms. The van der Waals surface area contributed by atoms with Gasteiger partial charge in [0.15, 0.2) is 0 Å². The molecular formula is C21H23FN2O2. The van der Waals surface area contributed by atoms with E-state index in [0.29, 0.717) is 11.5 Å². The fourth-order valence-electron chi connectivity index (χ4n) is 4.60. The van der Waals surface area contributed by atoms with E-state index < -0.39 is 0 Å². The van der Waals surface area contributed by atoms with Crippen LogP contribution < -0.4 is 5.56 Å². The number of aryl methyl sites for hydroxylation is 1. The van der Waals surface area contributed by atoms with Gasteiger partial charge in [-0.25, -0.2) is 4.39 Å². The largest absolute Gasteiger partial charge is 0.335 e. The predicted octanol–water partition coefficient (Wildman–Crippen LogP) is 3.23. The van der Waals surface area contributed by atoms with Crippen LogP contribution >= 0.6 is 0 Å². The second kappa shape index (κ2) is 6.71. The first-order chi connectivity index (χ1) is 12.5. The van der Waals surface area contributed by atoms with Gasteiger partial charge in [-0.05, 0) is 61.8 Å². The maximum atomic E-state index is 13.6. The molecule has 2 fully saturated rings. The second-order valence-corrected chi connectivity index (χ2v) is 7.53. The van der Waals surface area contributed by atoms with Crippen molar-refractivity contribution in [1.29, 1.82) is 0 Å². The van der Waals surface area contributed by atoms with Gasteiger partial charge < -0.3 is 9.47 Å². The normalized spacial score (nSPS) is 24.7. The van der Waals surface area contributed by atoms with Gasteiger partial charge >= 0.3 is 0 Å². The Hall–Kier alpha value is -2.43. The zero-order chi connectivity index (χ0) is 18.3. The van der Waals surface area contributed by atoms with E-state index >= 15 is 0 Å². The summed E-state index contributed by atoms with van der Waals surface area (Å²) in [5.74, 6) is 0.229. The molecule has 136 valence electrons. The number of nitrogens with zero attached hydrogens (tertiary/aromatic N) is 2. The third-order valence-corrected chi connectivity index (χ3v) is 5.88. The van der Waals surface area contributed by atoms with Crippen molar-refractivity contribution in [3.05, 3.63) is 69.9 Å². The van der Waals surface area contributed by atoms with Crippen LogP contribution in [0, 0.1) is 12.7 Å². The molecule has 2 aliphatic heterocycles. The number of rotatable bonds is 3.